The zero-order valence-corrected chi connectivity index (χ0v) is 15.0. The van der Waals surface area contributed by atoms with Crippen molar-refractivity contribution in [2.45, 2.75) is 37.4 Å². The molecule has 0 aliphatic carbocycles. The van der Waals surface area contributed by atoms with E-state index in [1.165, 1.54) is 11.1 Å². The van der Waals surface area contributed by atoms with Gasteiger partial charge in [-0.15, -0.1) is 0 Å². The van der Waals surface area contributed by atoms with Crippen molar-refractivity contribution < 1.29 is 9.47 Å². The second-order valence-electron chi connectivity index (χ2n) is 7.48. The highest BCUT2D eigenvalue weighted by atomic mass is 16.5. The lowest BCUT2D eigenvalue weighted by atomic mass is 10.0. The van der Waals surface area contributed by atoms with Crippen LogP contribution in [0.1, 0.15) is 36.1 Å². The highest BCUT2D eigenvalue weighted by Gasteiger charge is 2.42. The molecule has 3 heterocycles. The highest BCUT2D eigenvalue weighted by molar-refractivity contribution is 5.21. The zero-order chi connectivity index (χ0) is 17.3. The monoisotopic (exact) mass is 350 g/mol. The molecule has 136 valence electrons. The number of benzene rings is 2. The molecule has 3 aliphatic heterocycles. The van der Waals surface area contributed by atoms with Gasteiger partial charge < -0.3 is 9.47 Å². The Morgan fingerprint density at radius 1 is 0.615 bits per heavy atom. The summed E-state index contributed by atoms with van der Waals surface area (Å²) in [4.78, 5) is 5.09. The molecule has 3 aliphatic rings. The highest BCUT2D eigenvalue weighted by Crippen LogP contribution is 2.38. The Kier molecular flexibility index (Phi) is 4.51. The van der Waals surface area contributed by atoms with Gasteiger partial charge in [-0.3, -0.25) is 9.80 Å². The summed E-state index contributed by atoms with van der Waals surface area (Å²) in [7, 11) is 0. The third-order valence-electron chi connectivity index (χ3n) is 6.07. The quantitative estimate of drug-likeness (QED) is 0.827. The predicted molar refractivity (Wildman–Crippen MR) is 100 cm³/mol. The summed E-state index contributed by atoms with van der Waals surface area (Å²) in [5, 5.41) is 0. The molecule has 0 aromatic heterocycles. The molecule has 0 amide bonds. The molecule has 2 aromatic rings. The average molecular weight is 350 g/mol. The summed E-state index contributed by atoms with van der Waals surface area (Å²) in [6.45, 7) is 3.63. The molecule has 3 saturated heterocycles. The molecule has 4 atom stereocenters. The van der Waals surface area contributed by atoms with Crippen molar-refractivity contribution in [2.75, 3.05) is 26.3 Å². The second kappa shape index (κ2) is 7.12. The Balaban J connectivity index is 1.33. The molecule has 5 rings (SSSR count). The van der Waals surface area contributed by atoms with Gasteiger partial charge in [-0.1, -0.05) is 60.7 Å². The predicted octanol–water partition coefficient (Wildman–Crippen LogP) is 3.58. The maximum absolute atomic E-state index is 6.21. The molecule has 3 fully saturated rings. The molecular formula is C22H26N2O2. The average Bonchev–Trinajstić information content (AvgIpc) is 3.27. The van der Waals surface area contributed by atoms with Gasteiger partial charge in [0, 0.05) is 25.9 Å². The molecular weight excluding hydrogens is 324 g/mol. The van der Waals surface area contributed by atoms with Crippen LogP contribution in [0.25, 0.3) is 0 Å². The van der Waals surface area contributed by atoms with E-state index in [1.807, 2.05) is 0 Å². The minimum atomic E-state index is 0.221. The number of ether oxygens (including phenoxy) is 2. The van der Waals surface area contributed by atoms with E-state index in [-0.39, 0.29) is 12.5 Å². The molecule has 2 aromatic carbocycles. The van der Waals surface area contributed by atoms with Crippen LogP contribution in [0.4, 0.5) is 0 Å². The van der Waals surface area contributed by atoms with Gasteiger partial charge in [0.25, 0.3) is 0 Å². The minimum Gasteiger partial charge on any atom is -0.361 e. The van der Waals surface area contributed by atoms with Crippen LogP contribution in [0.15, 0.2) is 60.7 Å². The van der Waals surface area contributed by atoms with Gasteiger partial charge in [-0.05, 0) is 11.1 Å². The molecule has 0 N–H and O–H groups in total. The van der Waals surface area contributed by atoms with E-state index in [2.05, 4.69) is 70.5 Å². The molecule has 4 nitrogen and oxygen atoms in total. The molecule has 0 bridgehead atoms. The summed E-state index contributed by atoms with van der Waals surface area (Å²) < 4.78 is 12.4. The van der Waals surface area contributed by atoms with E-state index in [9.17, 15) is 0 Å². The summed E-state index contributed by atoms with van der Waals surface area (Å²) in [5.74, 6) is 0. The number of nitrogens with zero attached hydrogens (tertiary/aromatic N) is 2. The van der Waals surface area contributed by atoms with Gasteiger partial charge in [-0.2, -0.15) is 0 Å². The lowest BCUT2D eigenvalue weighted by Crippen LogP contribution is -2.44. The number of fused-ring (bicyclic) bond motifs is 2. The molecule has 4 heteroatoms. The van der Waals surface area contributed by atoms with Crippen molar-refractivity contribution >= 4 is 0 Å². The Hall–Kier alpha value is -1.72. The third kappa shape index (κ3) is 2.97. The topological polar surface area (TPSA) is 24.9 Å². The van der Waals surface area contributed by atoms with Gasteiger partial charge in [0.2, 0.25) is 0 Å². The van der Waals surface area contributed by atoms with Crippen LogP contribution >= 0.6 is 0 Å². The standard InChI is InChI=1S/C22H26N2O2/c1-3-7-17(8-4-1)19-15-25-21-12-14-24-20(18-9-5-2-6-10-18)16-26-22(24)11-13-23(19)21/h1-10,19-22H,11-16H2/t19-,20-,21-,22-/m1/s1. The first-order valence-electron chi connectivity index (χ1n) is 9.75. The van der Waals surface area contributed by atoms with E-state index >= 15 is 0 Å². The molecule has 0 saturated carbocycles. The van der Waals surface area contributed by atoms with Crippen LogP contribution in [-0.2, 0) is 9.47 Å². The van der Waals surface area contributed by atoms with Crippen molar-refractivity contribution in [3.63, 3.8) is 0 Å². The Morgan fingerprint density at radius 3 is 1.46 bits per heavy atom. The third-order valence-corrected chi connectivity index (χ3v) is 6.07. The van der Waals surface area contributed by atoms with Gasteiger partial charge in [0.05, 0.1) is 25.3 Å². The maximum Gasteiger partial charge on any atom is 0.112 e. The molecule has 26 heavy (non-hydrogen) atoms. The van der Waals surface area contributed by atoms with Crippen LogP contribution in [0.3, 0.4) is 0 Å². The SMILES string of the molecule is c1ccc([C@H]2CO[C@@H]3CCN4[C@@H](c5ccccc5)CO[C@@H]4CCN23)cc1. The first-order chi connectivity index (χ1) is 12.9. The number of hydrogen-bond donors (Lipinski definition) is 0. The van der Waals surface area contributed by atoms with E-state index < -0.39 is 0 Å². The normalized spacial score (nSPS) is 32.6. The lowest BCUT2D eigenvalue weighted by Gasteiger charge is -2.36. The second-order valence-corrected chi connectivity index (χ2v) is 7.48. The Bertz CT molecular complexity index is 660. The van der Waals surface area contributed by atoms with Crippen molar-refractivity contribution in [1.82, 2.24) is 9.80 Å². The fourth-order valence-corrected chi connectivity index (χ4v) is 4.73. The van der Waals surface area contributed by atoms with E-state index in [4.69, 9.17) is 9.47 Å². The first kappa shape index (κ1) is 16.5. The van der Waals surface area contributed by atoms with Gasteiger partial charge in [-0.25, -0.2) is 0 Å². The van der Waals surface area contributed by atoms with E-state index in [0.717, 1.165) is 39.1 Å². The van der Waals surface area contributed by atoms with Crippen LogP contribution in [0.2, 0.25) is 0 Å². The van der Waals surface area contributed by atoms with E-state index in [1.54, 1.807) is 0 Å². The minimum absolute atomic E-state index is 0.221. The summed E-state index contributed by atoms with van der Waals surface area (Å²) >= 11 is 0. The first-order valence-corrected chi connectivity index (χ1v) is 9.75. The van der Waals surface area contributed by atoms with E-state index in [0.29, 0.717) is 12.1 Å². The maximum atomic E-state index is 6.21. The summed E-state index contributed by atoms with van der Waals surface area (Å²) in [5.41, 5.74) is 2.73. The van der Waals surface area contributed by atoms with Crippen LogP contribution in [0, 0.1) is 0 Å². The van der Waals surface area contributed by atoms with Crippen molar-refractivity contribution in [3.8, 4) is 0 Å². The fraction of sp³-hybridized carbons (Fsp3) is 0.455. The van der Waals surface area contributed by atoms with Crippen LogP contribution in [-0.4, -0.2) is 48.6 Å². The van der Waals surface area contributed by atoms with Crippen LogP contribution in [0.5, 0.6) is 0 Å². The van der Waals surface area contributed by atoms with Gasteiger partial charge in [0.1, 0.15) is 12.5 Å². The Morgan fingerprint density at radius 2 is 1.04 bits per heavy atom. The summed E-state index contributed by atoms with van der Waals surface area (Å²) in [6, 6.07) is 22.3. The lowest BCUT2D eigenvalue weighted by molar-refractivity contribution is -0.0425. The molecule has 0 radical (unpaired) electrons. The molecule has 0 unspecified atom stereocenters. The van der Waals surface area contributed by atoms with Crippen molar-refractivity contribution in [1.29, 1.82) is 0 Å². The van der Waals surface area contributed by atoms with Crippen LogP contribution < -0.4 is 0 Å². The number of rotatable bonds is 2. The smallest absolute Gasteiger partial charge is 0.112 e. The fourth-order valence-electron chi connectivity index (χ4n) is 4.73. The van der Waals surface area contributed by atoms with Gasteiger partial charge in [0.15, 0.2) is 0 Å². The molecule has 0 spiro atoms. The Labute approximate surface area is 155 Å². The number of hydrogen-bond acceptors (Lipinski definition) is 4. The van der Waals surface area contributed by atoms with Gasteiger partial charge >= 0.3 is 0 Å². The largest absolute Gasteiger partial charge is 0.361 e. The van der Waals surface area contributed by atoms with Crippen molar-refractivity contribution in [3.05, 3.63) is 71.8 Å². The summed E-state index contributed by atoms with van der Waals surface area (Å²) in [6.07, 6.45) is 2.51. The van der Waals surface area contributed by atoms with Crippen molar-refractivity contribution in [2.24, 2.45) is 0 Å². The zero-order valence-electron chi connectivity index (χ0n) is 15.0.